The molecule has 1 atom stereocenters. The number of carbonyl (C=O) groups is 1. The van der Waals surface area contributed by atoms with Gasteiger partial charge in [0.05, 0.1) is 6.33 Å². The Labute approximate surface area is 119 Å². The smallest absolute Gasteiger partial charge is 0.220 e. The standard InChI is InChI=1S/C16H21N3O/c1-13(14-6-3-2-4-7-14)10-16(20)18-9-5-8-15-11-17-12-19-15/h2-4,6-7,11-13H,5,8-10H2,1H3,(H,17,19)(H,18,20). The van der Waals surface area contributed by atoms with E-state index in [1.165, 1.54) is 5.56 Å². The van der Waals surface area contributed by atoms with Crippen LogP contribution >= 0.6 is 0 Å². The van der Waals surface area contributed by atoms with E-state index < -0.39 is 0 Å². The number of imidazole rings is 1. The van der Waals surface area contributed by atoms with Crippen molar-refractivity contribution < 1.29 is 4.79 Å². The van der Waals surface area contributed by atoms with E-state index in [0.717, 1.165) is 18.5 Å². The molecular formula is C16H21N3O. The molecule has 0 fully saturated rings. The molecule has 1 aromatic heterocycles. The molecule has 0 spiro atoms. The van der Waals surface area contributed by atoms with E-state index in [1.54, 1.807) is 6.33 Å². The summed E-state index contributed by atoms with van der Waals surface area (Å²) in [7, 11) is 0. The average Bonchev–Trinajstić information content (AvgIpc) is 2.98. The predicted molar refractivity (Wildman–Crippen MR) is 79.4 cm³/mol. The fraction of sp³-hybridized carbons (Fsp3) is 0.375. The molecule has 0 aliphatic rings. The maximum atomic E-state index is 11.9. The second kappa shape index (κ2) is 7.48. The first kappa shape index (κ1) is 14.3. The topological polar surface area (TPSA) is 57.8 Å². The van der Waals surface area contributed by atoms with Gasteiger partial charge in [-0.3, -0.25) is 4.79 Å². The Hall–Kier alpha value is -2.10. The summed E-state index contributed by atoms with van der Waals surface area (Å²) < 4.78 is 0. The third-order valence-corrected chi connectivity index (χ3v) is 3.36. The molecule has 1 amide bonds. The van der Waals surface area contributed by atoms with Crippen LogP contribution in [0.4, 0.5) is 0 Å². The third-order valence-electron chi connectivity index (χ3n) is 3.36. The SMILES string of the molecule is CC(CC(=O)NCCCc1cnc[nH]1)c1ccccc1. The van der Waals surface area contributed by atoms with E-state index in [0.29, 0.717) is 13.0 Å². The quantitative estimate of drug-likeness (QED) is 0.761. The third kappa shape index (κ3) is 4.53. The molecule has 1 heterocycles. The maximum absolute atomic E-state index is 11.9. The van der Waals surface area contributed by atoms with E-state index in [-0.39, 0.29) is 11.8 Å². The Morgan fingerprint density at radius 3 is 2.85 bits per heavy atom. The van der Waals surface area contributed by atoms with Crippen molar-refractivity contribution in [2.24, 2.45) is 0 Å². The summed E-state index contributed by atoms with van der Waals surface area (Å²) in [5.41, 5.74) is 2.32. The second-order valence-corrected chi connectivity index (χ2v) is 5.05. The van der Waals surface area contributed by atoms with Crippen molar-refractivity contribution in [2.75, 3.05) is 6.54 Å². The predicted octanol–water partition coefficient (Wildman–Crippen LogP) is 2.65. The van der Waals surface area contributed by atoms with Crippen molar-refractivity contribution >= 4 is 5.91 Å². The van der Waals surface area contributed by atoms with Crippen LogP contribution in [0.3, 0.4) is 0 Å². The molecule has 0 aliphatic carbocycles. The minimum absolute atomic E-state index is 0.117. The lowest BCUT2D eigenvalue weighted by Crippen LogP contribution is -2.25. The molecule has 2 N–H and O–H groups in total. The highest BCUT2D eigenvalue weighted by molar-refractivity contribution is 5.76. The van der Waals surface area contributed by atoms with Crippen LogP contribution in [0.15, 0.2) is 42.9 Å². The molecule has 0 aliphatic heterocycles. The van der Waals surface area contributed by atoms with Gasteiger partial charge in [0, 0.05) is 24.9 Å². The van der Waals surface area contributed by atoms with Gasteiger partial charge in [-0.25, -0.2) is 4.98 Å². The first-order chi connectivity index (χ1) is 9.75. The van der Waals surface area contributed by atoms with Crippen molar-refractivity contribution in [3.05, 3.63) is 54.1 Å². The highest BCUT2D eigenvalue weighted by atomic mass is 16.1. The van der Waals surface area contributed by atoms with Crippen LogP contribution in [-0.2, 0) is 11.2 Å². The zero-order valence-electron chi connectivity index (χ0n) is 11.8. The van der Waals surface area contributed by atoms with Crippen molar-refractivity contribution in [2.45, 2.75) is 32.1 Å². The summed E-state index contributed by atoms with van der Waals surface area (Å²) in [6, 6.07) is 10.1. The minimum Gasteiger partial charge on any atom is -0.356 e. The van der Waals surface area contributed by atoms with Crippen LogP contribution in [-0.4, -0.2) is 22.4 Å². The average molecular weight is 271 g/mol. The van der Waals surface area contributed by atoms with Crippen LogP contribution in [0.1, 0.15) is 36.9 Å². The van der Waals surface area contributed by atoms with Gasteiger partial charge < -0.3 is 10.3 Å². The highest BCUT2D eigenvalue weighted by Gasteiger charge is 2.10. The zero-order valence-corrected chi connectivity index (χ0v) is 11.8. The number of benzene rings is 1. The van der Waals surface area contributed by atoms with Gasteiger partial charge in [-0.05, 0) is 24.3 Å². The summed E-state index contributed by atoms with van der Waals surface area (Å²) in [5, 5.41) is 2.97. The second-order valence-electron chi connectivity index (χ2n) is 5.05. The first-order valence-electron chi connectivity index (χ1n) is 7.04. The van der Waals surface area contributed by atoms with Gasteiger partial charge in [-0.15, -0.1) is 0 Å². The lowest BCUT2D eigenvalue weighted by molar-refractivity contribution is -0.121. The summed E-state index contributed by atoms with van der Waals surface area (Å²) in [5.74, 6) is 0.370. The number of nitrogens with one attached hydrogen (secondary N) is 2. The van der Waals surface area contributed by atoms with Crippen molar-refractivity contribution in [3.63, 3.8) is 0 Å². The van der Waals surface area contributed by atoms with Crippen LogP contribution < -0.4 is 5.32 Å². The molecule has 1 aromatic carbocycles. The molecule has 0 saturated carbocycles. The summed E-state index contributed by atoms with van der Waals surface area (Å²) >= 11 is 0. The van der Waals surface area contributed by atoms with Crippen molar-refractivity contribution in [1.29, 1.82) is 0 Å². The van der Waals surface area contributed by atoms with Crippen LogP contribution in [0.5, 0.6) is 0 Å². The number of amides is 1. The summed E-state index contributed by atoms with van der Waals surface area (Å²) in [6.07, 6.45) is 5.87. The number of hydrogen-bond donors (Lipinski definition) is 2. The maximum Gasteiger partial charge on any atom is 0.220 e. The molecule has 106 valence electrons. The highest BCUT2D eigenvalue weighted by Crippen LogP contribution is 2.17. The van der Waals surface area contributed by atoms with E-state index in [9.17, 15) is 4.79 Å². The Kier molecular flexibility index (Phi) is 5.35. The molecule has 4 heteroatoms. The normalized spacial score (nSPS) is 12.1. The van der Waals surface area contributed by atoms with Gasteiger partial charge in [0.15, 0.2) is 0 Å². The Bertz CT molecular complexity index is 508. The molecule has 4 nitrogen and oxygen atoms in total. The largest absolute Gasteiger partial charge is 0.356 e. The van der Waals surface area contributed by atoms with Gasteiger partial charge in [0.2, 0.25) is 5.91 Å². The van der Waals surface area contributed by atoms with Crippen LogP contribution in [0.2, 0.25) is 0 Å². The van der Waals surface area contributed by atoms with Crippen molar-refractivity contribution in [1.82, 2.24) is 15.3 Å². The number of aromatic amines is 1. The number of carbonyl (C=O) groups excluding carboxylic acids is 1. The zero-order chi connectivity index (χ0) is 14.2. The Morgan fingerprint density at radius 1 is 1.35 bits per heavy atom. The first-order valence-corrected chi connectivity index (χ1v) is 7.04. The van der Waals surface area contributed by atoms with E-state index in [4.69, 9.17) is 0 Å². The van der Waals surface area contributed by atoms with Crippen LogP contribution in [0, 0.1) is 0 Å². The Morgan fingerprint density at radius 2 is 2.15 bits per heavy atom. The number of aryl methyl sites for hydroxylation is 1. The fourth-order valence-electron chi connectivity index (χ4n) is 2.18. The fourth-order valence-corrected chi connectivity index (χ4v) is 2.18. The number of H-pyrrole nitrogens is 1. The Balaban J connectivity index is 1.65. The minimum atomic E-state index is 0.117. The molecule has 0 saturated heterocycles. The number of nitrogens with zero attached hydrogens (tertiary/aromatic N) is 1. The van der Waals surface area contributed by atoms with Gasteiger partial charge >= 0.3 is 0 Å². The van der Waals surface area contributed by atoms with Gasteiger partial charge in [-0.2, -0.15) is 0 Å². The van der Waals surface area contributed by atoms with Crippen LogP contribution in [0.25, 0.3) is 0 Å². The van der Waals surface area contributed by atoms with E-state index in [2.05, 4.69) is 34.3 Å². The lowest BCUT2D eigenvalue weighted by Gasteiger charge is -2.11. The molecule has 2 rings (SSSR count). The molecule has 20 heavy (non-hydrogen) atoms. The monoisotopic (exact) mass is 271 g/mol. The van der Waals surface area contributed by atoms with Gasteiger partial charge in [0.25, 0.3) is 0 Å². The molecular weight excluding hydrogens is 250 g/mol. The summed E-state index contributed by atoms with van der Waals surface area (Å²) in [6.45, 7) is 2.79. The molecule has 0 bridgehead atoms. The number of hydrogen-bond acceptors (Lipinski definition) is 2. The van der Waals surface area contributed by atoms with Crippen molar-refractivity contribution in [3.8, 4) is 0 Å². The molecule has 2 aromatic rings. The summed E-state index contributed by atoms with van der Waals surface area (Å²) in [4.78, 5) is 18.9. The molecule has 1 unspecified atom stereocenters. The number of aromatic nitrogens is 2. The molecule has 0 radical (unpaired) electrons. The van der Waals surface area contributed by atoms with Gasteiger partial charge in [0.1, 0.15) is 0 Å². The van der Waals surface area contributed by atoms with Gasteiger partial charge in [-0.1, -0.05) is 37.3 Å². The number of rotatable bonds is 7. The van der Waals surface area contributed by atoms with E-state index in [1.807, 2.05) is 24.4 Å². The lowest BCUT2D eigenvalue weighted by atomic mass is 9.97. The van der Waals surface area contributed by atoms with E-state index >= 15 is 0 Å².